The summed E-state index contributed by atoms with van der Waals surface area (Å²) in [4.78, 5) is 36.4. The molecule has 2 N–H and O–H groups in total. The van der Waals surface area contributed by atoms with Gasteiger partial charge in [0, 0.05) is 19.0 Å². The molecule has 19 heavy (non-hydrogen) atoms. The fraction of sp³-hybridized carbons (Fsp3) is 0.300. The molecule has 2 amide bonds. The molecule has 1 unspecified atom stereocenters. The second-order valence-electron chi connectivity index (χ2n) is 3.97. The van der Waals surface area contributed by atoms with Gasteiger partial charge < -0.3 is 10.6 Å². The lowest BCUT2D eigenvalue weighted by molar-refractivity contribution is -0.385. The topological polar surface area (TPSA) is 114 Å². The highest BCUT2D eigenvalue weighted by Crippen LogP contribution is 2.19. The summed E-state index contributed by atoms with van der Waals surface area (Å²) in [5.74, 6) is -0.753. The lowest BCUT2D eigenvalue weighted by atomic mass is 10.2. The first-order valence-electron chi connectivity index (χ1n) is 5.35. The van der Waals surface area contributed by atoms with E-state index in [4.69, 9.17) is 11.6 Å². The summed E-state index contributed by atoms with van der Waals surface area (Å²) in [6, 6.07) is 0.699. The highest BCUT2D eigenvalue weighted by molar-refractivity contribution is 6.32. The summed E-state index contributed by atoms with van der Waals surface area (Å²) in [7, 11) is 0. The number of pyridine rings is 1. The van der Waals surface area contributed by atoms with Crippen LogP contribution in [0, 0.1) is 10.1 Å². The lowest BCUT2D eigenvalue weighted by Crippen LogP contribution is -2.36. The van der Waals surface area contributed by atoms with Crippen LogP contribution in [0.1, 0.15) is 16.8 Å². The second kappa shape index (κ2) is 5.19. The van der Waals surface area contributed by atoms with E-state index in [0.29, 0.717) is 6.54 Å². The van der Waals surface area contributed by atoms with Crippen LogP contribution in [-0.2, 0) is 4.79 Å². The summed E-state index contributed by atoms with van der Waals surface area (Å²) >= 11 is 5.73. The van der Waals surface area contributed by atoms with Gasteiger partial charge in [0.15, 0.2) is 0 Å². The third-order valence-electron chi connectivity index (χ3n) is 2.59. The van der Waals surface area contributed by atoms with E-state index in [2.05, 4.69) is 15.6 Å². The minimum Gasteiger partial charge on any atom is -0.354 e. The average Bonchev–Trinajstić information content (AvgIpc) is 2.74. The SMILES string of the molecule is O=C1CC(NC(=O)c2cc([N+](=O)[O-])cnc2Cl)CN1. The third kappa shape index (κ3) is 2.97. The minimum atomic E-state index is -0.666. The number of hydrogen-bond acceptors (Lipinski definition) is 5. The molecular formula is C10H9ClN4O4. The van der Waals surface area contributed by atoms with E-state index in [9.17, 15) is 19.7 Å². The van der Waals surface area contributed by atoms with Gasteiger partial charge in [0.2, 0.25) is 5.91 Å². The van der Waals surface area contributed by atoms with Crippen molar-refractivity contribution < 1.29 is 14.5 Å². The van der Waals surface area contributed by atoms with E-state index >= 15 is 0 Å². The predicted molar refractivity (Wildman–Crippen MR) is 64.8 cm³/mol. The van der Waals surface area contributed by atoms with Crippen LogP contribution >= 0.6 is 11.6 Å². The second-order valence-corrected chi connectivity index (χ2v) is 4.33. The maximum absolute atomic E-state index is 11.9. The molecule has 1 saturated heterocycles. The fourth-order valence-corrected chi connectivity index (χ4v) is 1.86. The van der Waals surface area contributed by atoms with Crippen molar-refractivity contribution in [3.8, 4) is 0 Å². The number of aromatic nitrogens is 1. The number of nitrogens with zero attached hydrogens (tertiary/aromatic N) is 2. The monoisotopic (exact) mass is 284 g/mol. The molecule has 0 aromatic carbocycles. The van der Waals surface area contributed by atoms with Gasteiger partial charge in [0.05, 0.1) is 16.5 Å². The van der Waals surface area contributed by atoms with Gasteiger partial charge >= 0.3 is 0 Å². The summed E-state index contributed by atoms with van der Waals surface area (Å²) < 4.78 is 0. The molecule has 9 heteroatoms. The first kappa shape index (κ1) is 13.2. The van der Waals surface area contributed by atoms with Gasteiger partial charge in [-0.15, -0.1) is 0 Å². The van der Waals surface area contributed by atoms with Gasteiger partial charge in [-0.2, -0.15) is 0 Å². The Hall–Kier alpha value is -2.22. The van der Waals surface area contributed by atoms with E-state index < -0.39 is 10.8 Å². The first-order chi connectivity index (χ1) is 8.97. The van der Waals surface area contributed by atoms with Gasteiger partial charge in [-0.3, -0.25) is 19.7 Å². The predicted octanol–water partition coefficient (Wildman–Crippen LogP) is 0.261. The number of nitrogens with one attached hydrogen (secondary N) is 2. The van der Waals surface area contributed by atoms with Crippen molar-refractivity contribution in [2.24, 2.45) is 0 Å². The van der Waals surface area contributed by atoms with Crippen molar-refractivity contribution >= 4 is 29.1 Å². The Balaban J connectivity index is 2.16. The van der Waals surface area contributed by atoms with Gasteiger partial charge in [-0.25, -0.2) is 4.98 Å². The molecule has 1 aromatic rings. The van der Waals surface area contributed by atoms with Crippen LogP contribution in [0.25, 0.3) is 0 Å². The van der Waals surface area contributed by atoms with Crippen LogP contribution < -0.4 is 10.6 Å². The maximum atomic E-state index is 11.9. The third-order valence-corrected chi connectivity index (χ3v) is 2.89. The Kier molecular flexibility index (Phi) is 3.61. The Morgan fingerprint density at radius 2 is 2.37 bits per heavy atom. The molecule has 0 bridgehead atoms. The summed E-state index contributed by atoms with van der Waals surface area (Å²) in [6.07, 6.45) is 1.14. The van der Waals surface area contributed by atoms with E-state index in [1.807, 2.05) is 0 Å². The number of carbonyl (C=O) groups is 2. The molecule has 1 atom stereocenters. The highest BCUT2D eigenvalue weighted by Gasteiger charge is 2.25. The van der Waals surface area contributed by atoms with E-state index in [-0.39, 0.29) is 34.8 Å². The maximum Gasteiger partial charge on any atom is 0.288 e. The quantitative estimate of drug-likeness (QED) is 0.469. The zero-order chi connectivity index (χ0) is 14.0. The van der Waals surface area contributed by atoms with Crippen LogP contribution in [0.2, 0.25) is 5.15 Å². The van der Waals surface area contributed by atoms with Crippen LogP contribution in [0.3, 0.4) is 0 Å². The molecule has 0 saturated carbocycles. The number of amides is 2. The Morgan fingerprint density at radius 3 is 2.95 bits per heavy atom. The van der Waals surface area contributed by atoms with Crippen molar-refractivity contribution in [1.29, 1.82) is 0 Å². The van der Waals surface area contributed by atoms with Crippen molar-refractivity contribution in [2.45, 2.75) is 12.5 Å². The number of hydrogen-bond donors (Lipinski definition) is 2. The molecule has 0 radical (unpaired) electrons. The Labute approximate surface area is 112 Å². The summed E-state index contributed by atoms with van der Waals surface area (Å²) in [5.41, 5.74) is -0.412. The van der Waals surface area contributed by atoms with E-state index in [0.717, 1.165) is 12.3 Å². The minimum absolute atomic E-state index is 0.0878. The lowest BCUT2D eigenvalue weighted by Gasteiger charge is -2.10. The zero-order valence-corrected chi connectivity index (χ0v) is 10.3. The molecule has 1 fully saturated rings. The Bertz CT molecular complexity index is 562. The Morgan fingerprint density at radius 1 is 1.63 bits per heavy atom. The molecule has 8 nitrogen and oxygen atoms in total. The average molecular weight is 285 g/mol. The van der Waals surface area contributed by atoms with Gasteiger partial charge in [0.25, 0.3) is 11.6 Å². The summed E-state index contributed by atoms with van der Waals surface area (Å²) in [6.45, 7) is 0.324. The fourth-order valence-electron chi connectivity index (χ4n) is 1.67. The van der Waals surface area contributed by atoms with Crippen molar-refractivity contribution in [1.82, 2.24) is 15.6 Å². The number of rotatable bonds is 3. The van der Waals surface area contributed by atoms with Crippen molar-refractivity contribution in [2.75, 3.05) is 6.54 Å². The number of carbonyl (C=O) groups excluding carboxylic acids is 2. The van der Waals surface area contributed by atoms with Crippen molar-refractivity contribution in [3.05, 3.63) is 33.1 Å². The molecule has 1 aromatic heterocycles. The van der Waals surface area contributed by atoms with Gasteiger partial charge in [0.1, 0.15) is 11.3 Å². The van der Waals surface area contributed by atoms with Gasteiger partial charge in [-0.1, -0.05) is 11.6 Å². The molecule has 1 aliphatic heterocycles. The molecular weight excluding hydrogens is 276 g/mol. The molecule has 2 heterocycles. The standard InChI is InChI=1S/C10H9ClN4O4/c11-9-7(2-6(4-13-9)15(18)19)10(17)14-5-1-8(16)12-3-5/h2,4-5H,1,3H2,(H,12,16)(H,14,17). The van der Waals surface area contributed by atoms with E-state index in [1.165, 1.54) is 0 Å². The van der Waals surface area contributed by atoms with Crippen LogP contribution in [0.4, 0.5) is 5.69 Å². The van der Waals surface area contributed by atoms with Gasteiger partial charge in [-0.05, 0) is 0 Å². The van der Waals surface area contributed by atoms with Crippen LogP contribution in [-0.4, -0.2) is 34.3 Å². The molecule has 100 valence electrons. The highest BCUT2D eigenvalue weighted by atomic mass is 35.5. The molecule has 2 rings (SSSR count). The zero-order valence-electron chi connectivity index (χ0n) is 9.55. The van der Waals surface area contributed by atoms with Crippen molar-refractivity contribution in [3.63, 3.8) is 0 Å². The molecule has 1 aliphatic rings. The number of nitro groups is 1. The van der Waals surface area contributed by atoms with E-state index in [1.54, 1.807) is 0 Å². The van der Waals surface area contributed by atoms with Crippen LogP contribution in [0.15, 0.2) is 12.3 Å². The molecule has 0 spiro atoms. The first-order valence-corrected chi connectivity index (χ1v) is 5.72. The van der Waals surface area contributed by atoms with Crippen LogP contribution in [0.5, 0.6) is 0 Å². The largest absolute Gasteiger partial charge is 0.354 e. The summed E-state index contributed by atoms with van der Waals surface area (Å²) in [5, 5.41) is 15.6. The normalized spacial score (nSPS) is 17.9. The molecule has 0 aliphatic carbocycles. The number of halogens is 1. The smallest absolute Gasteiger partial charge is 0.288 e.